The van der Waals surface area contributed by atoms with Crippen LogP contribution >= 0.6 is 0 Å². The van der Waals surface area contributed by atoms with E-state index in [4.69, 9.17) is 0 Å². The summed E-state index contributed by atoms with van der Waals surface area (Å²) in [6.45, 7) is 0. The maximum Gasteiger partial charge on any atom is 0.339 e. The van der Waals surface area contributed by atoms with Gasteiger partial charge in [0.05, 0.1) is 0 Å². The van der Waals surface area contributed by atoms with Crippen molar-refractivity contribution in [1.29, 1.82) is 0 Å². The van der Waals surface area contributed by atoms with Crippen molar-refractivity contribution in [2.24, 2.45) is 17.8 Å². The van der Waals surface area contributed by atoms with E-state index in [-0.39, 0.29) is 5.56 Å². The number of hydrogen-bond donors (Lipinski definition) is 3. The standard InChI is InChI=1S/C27H27N3O2/c31-26(32)24-8-3-9-28-25(24)30-23-7-2-6-22(13-23)29-21-5-1-4-20(12-21)27-14-17-10-18(15-27)19(11-17)16-27/h1-9,12-13,17-19,29H,10-11,14-16H2,(H,28,30)(H,31,32). The second-order valence-electron chi connectivity index (χ2n) is 9.87. The predicted octanol–water partition coefficient (Wildman–Crippen LogP) is 6.34. The van der Waals surface area contributed by atoms with Crippen LogP contribution in [0.1, 0.15) is 48.0 Å². The minimum absolute atomic E-state index is 0.151. The second-order valence-corrected chi connectivity index (χ2v) is 9.87. The Balaban J connectivity index is 1.22. The van der Waals surface area contributed by atoms with E-state index in [2.05, 4.69) is 39.9 Å². The van der Waals surface area contributed by atoms with Gasteiger partial charge in [0.1, 0.15) is 11.4 Å². The Labute approximate surface area is 187 Å². The summed E-state index contributed by atoms with van der Waals surface area (Å²) < 4.78 is 0. The molecule has 0 radical (unpaired) electrons. The SMILES string of the molecule is O=C(O)c1cccnc1Nc1cccc(Nc2cccc(C34CC5CC(C3)C(C5)C4)c2)c1. The normalized spacial score (nSPS) is 27.4. The molecule has 5 heteroatoms. The lowest BCUT2D eigenvalue weighted by Crippen LogP contribution is -2.31. The fourth-order valence-electron chi connectivity index (χ4n) is 6.75. The van der Waals surface area contributed by atoms with E-state index in [1.165, 1.54) is 37.7 Å². The van der Waals surface area contributed by atoms with Gasteiger partial charge in [-0.25, -0.2) is 9.78 Å². The molecule has 4 bridgehead atoms. The van der Waals surface area contributed by atoms with Crippen molar-refractivity contribution >= 4 is 28.8 Å². The zero-order valence-electron chi connectivity index (χ0n) is 17.9. The van der Waals surface area contributed by atoms with Gasteiger partial charge in [-0.3, -0.25) is 0 Å². The Morgan fingerprint density at radius 3 is 2.28 bits per heavy atom. The third-order valence-corrected chi connectivity index (χ3v) is 7.85. The first-order valence-corrected chi connectivity index (χ1v) is 11.5. The highest BCUT2D eigenvalue weighted by Gasteiger charge is 2.56. The van der Waals surface area contributed by atoms with Gasteiger partial charge in [-0.2, -0.15) is 0 Å². The third-order valence-electron chi connectivity index (χ3n) is 7.85. The number of carbonyl (C=O) groups is 1. The van der Waals surface area contributed by atoms with Gasteiger partial charge < -0.3 is 15.7 Å². The maximum atomic E-state index is 11.5. The van der Waals surface area contributed by atoms with Crippen LogP contribution < -0.4 is 10.6 Å². The lowest BCUT2D eigenvalue weighted by molar-refractivity contribution is 0.0697. The summed E-state index contributed by atoms with van der Waals surface area (Å²) in [5.41, 5.74) is 4.88. The summed E-state index contributed by atoms with van der Waals surface area (Å²) in [7, 11) is 0. The molecule has 0 spiro atoms. The maximum absolute atomic E-state index is 11.5. The molecule has 2 atom stereocenters. The molecular weight excluding hydrogens is 398 g/mol. The molecule has 5 nitrogen and oxygen atoms in total. The zero-order valence-corrected chi connectivity index (χ0v) is 17.9. The summed E-state index contributed by atoms with van der Waals surface area (Å²) in [5, 5.41) is 16.1. The van der Waals surface area contributed by atoms with Crippen molar-refractivity contribution in [3.05, 3.63) is 78.0 Å². The van der Waals surface area contributed by atoms with Gasteiger partial charge in [0.2, 0.25) is 0 Å². The van der Waals surface area contributed by atoms with Crippen LogP contribution in [0.2, 0.25) is 0 Å². The molecule has 1 heterocycles. The van der Waals surface area contributed by atoms with E-state index in [0.29, 0.717) is 11.2 Å². The number of rotatable bonds is 6. The molecule has 4 saturated carbocycles. The molecule has 3 aromatic rings. The molecule has 0 aliphatic heterocycles. The van der Waals surface area contributed by atoms with Crippen LogP contribution in [0.25, 0.3) is 0 Å². The molecule has 162 valence electrons. The second kappa shape index (κ2) is 7.37. The van der Waals surface area contributed by atoms with E-state index in [1.807, 2.05) is 24.3 Å². The topological polar surface area (TPSA) is 74.2 Å². The first kappa shape index (κ1) is 19.4. The molecular formula is C27H27N3O2. The summed E-state index contributed by atoms with van der Waals surface area (Å²) in [6, 6.07) is 20.0. The van der Waals surface area contributed by atoms with Gasteiger partial charge in [0, 0.05) is 23.3 Å². The van der Waals surface area contributed by atoms with Crippen molar-refractivity contribution in [3.8, 4) is 0 Å². The Kier molecular flexibility index (Phi) is 4.46. The average molecular weight is 426 g/mol. The minimum Gasteiger partial charge on any atom is -0.478 e. The minimum atomic E-state index is -0.999. The number of pyridine rings is 1. The fourth-order valence-corrected chi connectivity index (χ4v) is 6.75. The first-order chi connectivity index (χ1) is 15.6. The van der Waals surface area contributed by atoms with Crippen molar-refractivity contribution in [2.45, 2.75) is 37.5 Å². The van der Waals surface area contributed by atoms with Gasteiger partial charge in [0.25, 0.3) is 0 Å². The molecule has 1 aromatic heterocycles. The molecule has 0 amide bonds. The van der Waals surface area contributed by atoms with Gasteiger partial charge in [-0.15, -0.1) is 0 Å². The fraction of sp³-hybridized carbons (Fsp3) is 0.333. The number of nitrogens with one attached hydrogen (secondary N) is 2. The first-order valence-electron chi connectivity index (χ1n) is 11.5. The zero-order chi connectivity index (χ0) is 21.7. The number of carboxylic acid groups (broad SMARTS) is 1. The number of hydrogen-bond acceptors (Lipinski definition) is 4. The van der Waals surface area contributed by atoms with Crippen LogP contribution in [0, 0.1) is 17.8 Å². The van der Waals surface area contributed by atoms with Gasteiger partial charge in [-0.1, -0.05) is 18.2 Å². The number of anilines is 4. The smallest absolute Gasteiger partial charge is 0.339 e. The summed E-state index contributed by atoms with van der Waals surface area (Å²) in [6.07, 6.45) is 8.61. The average Bonchev–Trinajstić information content (AvgIpc) is 3.21. The Morgan fingerprint density at radius 1 is 0.875 bits per heavy atom. The van der Waals surface area contributed by atoms with Crippen molar-refractivity contribution < 1.29 is 9.90 Å². The third kappa shape index (κ3) is 3.32. The summed E-state index contributed by atoms with van der Waals surface area (Å²) in [4.78, 5) is 15.7. The van der Waals surface area contributed by atoms with E-state index < -0.39 is 5.97 Å². The van der Waals surface area contributed by atoms with E-state index in [1.54, 1.807) is 18.3 Å². The number of benzene rings is 2. The van der Waals surface area contributed by atoms with Crippen molar-refractivity contribution in [1.82, 2.24) is 4.98 Å². The predicted molar refractivity (Wildman–Crippen MR) is 126 cm³/mol. The Morgan fingerprint density at radius 2 is 1.56 bits per heavy atom. The molecule has 7 rings (SSSR count). The summed E-state index contributed by atoms with van der Waals surface area (Å²) in [5.74, 6) is 2.19. The molecule has 4 aliphatic carbocycles. The van der Waals surface area contributed by atoms with Crippen LogP contribution in [0.4, 0.5) is 22.9 Å². The van der Waals surface area contributed by atoms with E-state index in [0.717, 1.165) is 34.8 Å². The van der Waals surface area contributed by atoms with Crippen LogP contribution in [-0.2, 0) is 5.41 Å². The van der Waals surface area contributed by atoms with E-state index in [9.17, 15) is 9.90 Å². The Bertz CT molecular complexity index is 1170. The van der Waals surface area contributed by atoms with Crippen LogP contribution in [0.5, 0.6) is 0 Å². The molecule has 4 fully saturated rings. The molecule has 3 N–H and O–H groups in total. The van der Waals surface area contributed by atoms with Crippen LogP contribution in [0.15, 0.2) is 66.9 Å². The molecule has 32 heavy (non-hydrogen) atoms. The number of carboxylic acids is 1. The van der Waals surface area contributed by atoms with Gasteiger partial charge in [0.15, 0.2) is 0 Å². The van der Waals surface area contributed by atoms with Crippen LogP contribution in [-0.4, -0.2) is 16.1 Å². The number of aromatic carboxylic acids is 1. The van der Waals surface area contributed by atoms with Gasteiger partial charge >= 0.3 is 5.97 Å². The Hall–Kier alpha value is -3.34. The number of nitrogens with zero attached hydrogens (tertiary/aromatic N) is 1. The quantitative estimate of drug-likeness (QED) is 0.429. The van der Waals surface area contributed by atoms with E-state index >= 15 is 0 Å². The molecule has 2 unspecified atom stereocenters. The lowest BCUT2D eigenvalue weighted by atomic mass is 9.66. The molecule has 2 aromatic carbocycles. The van der Waals surface area contributed by atoms with Crippen molar-refractivity contribution in [2.75, 3.05) is 10.6 Å². The highest BCUT2D eigenvalue weighted by molar-refractivity contribution is 5.94. The highest BCUT2D eigenvalue weighted by Crippen LogP contribution is 2.64. The highest BCUT2D eigenvalue weighted by atomic mass is 16.4. The summed E-state index contributed by atoms with van der Waals surface area (Å²) >= 11 is 0. The molecule has 4 aliphatic rings. The monoisotopic (exact) mass is 425 g/mol. The largest absolute Gasteiger partial charge is 0.478 e. The van der Waals surface area contributed by atoms with Crippen LogP contribution in [0.3, 0.4) is 0 Å². The molecule has 0 saturated heterocycles. The number of aromatic nitrogens is 1. The van der Waals surface area contributed by atoms with Crippen molar-refractivity contribution in [3.63, 3.8) is 0 Å². The van der Waals surface area contributed by atoms with Gasteiger partial charge in [-0.05, 0) is 103 Å². The lowest BCUT2D eigenvalue weighted by Gasteiger charge is -2.39.